The van der Waals surface area contributed by atoms with Gasteiger partial charge in [0.2, 0.25) is 5.91 Å². The number of hydrogen-bond acceptors (Lipinski definition) is 6. The van der Waals surface area contributed by atoms with Crippen LogP contribution in [0.1, 0.15) is 48.7 Å². The Balaban J connectivity index is 1.60. The number of nitrogens with zero attached hydrogens (tertiary/aromatic N) is 2. The Morgan fingerprint density at radius 3 is 2.94 bits per heavy atom. The predicted molar refractivity (Wildman–Crippen MR) is 127 cm³/mol. The standard InChI is InChI=1S/C24H28N4O2S2/c1-31-19-9-5-2-6-15(19)23-22-17(14-26-24(22)30)27-16-7-3-4-8-18(16)28(23)21(29)11-10-20-25-12-13-32-20/h2,5-6,9,12-13,16,18,23,27H,3-4,7-8,10-11,14H2,1H3,(H,26,30). The first kappa shape index (κ1) is 21.5. The van der Waals surface area contributed by atoms with Gasteiger partial charge in [-0.15, -0.1) is 23.1 Å². The van der Waals surface area contributed by atoms with E-state index >= 15 is 0 Å². The largest absolute Gasteiger partial charge is 0.382 e. The van der Waals surface area contributed by atoms with Crippen molar-refractivity contribution in [1.29, 1.82) is 0 Å². The molecule has 3 atom stereocenters. The van der Waals surface area contributed by atoms with Crippen molar-refractivity contribution in [2.24, 2.45) is 0 Å². The Morgan fingerprint density at radius 2 is 2.12 bits per heavy atom. The van der Waals surface area contributed by atoms with Gasteiger partial charge in [-0.05, 0) is 30.7 Å². The van der Waals surface area contributed by atoms with Gasteiger partial charge in [-0.3, -0.25) is 9.59 Å². The van der Waals surface area contributed by atoms with Gasteiger partial charge in [-0.1, -0.05) is 31.0 Å². The molecular weight excluding hydrogens is 440 g/mol. The number of aryl methyl sites for hydroxylation is 1. The molecule has 1 saturated carbocycles. The third-order valence-corrected chi connectivity index (χ3v) is 8.40. The lowest BCUT2D eigenvalue weighted by Gasteiger charge is -2.43. The van der Waals surface area contributed by atoms with Crippen LogP contribution in [0, 0.1) is 0 Å². The van der Waals surface area contributed by atoms with E-state index in [0.717, 1.165) is 46.8 Å². The number of amides is 2. The average Bonchev–Trinajstić information content (AvgIpc) is 3.43. The second-order valence-corrected chi connectivity index (χ2v) is 10.4. The van der Waals surface area contributed by atoms with Gasteiger partial charge in [0, 0.05) is 41.1 Å². The minimum absolute atomic E-state index is 0.0650. The molecule has 8 heteroatoms. The summed E-state index contributed by atoms with van der Waals surface area (Å²) in [5, 5.41) is 9.62. The second-order valence-electron chi connectivity index (χ2n) is 8.55. The normalized spacial score (nSPS) is 25.0. The van der Waals surface area contributed by atoms with Crippen molar-refractivity contribution in [1.82, 2.24) is 20.5 Å². The third-order valence-electron chi connectivity index (χ3n) is 6.75. The number of thiazole rings is 1. The lowest BCUT2D eigenvalue weighted by Crippen LogP contribution is -2.53. The fourth-order valence-corrected chi connectivity index (χ4v) is 6.58. The van der Waals surface area contributed by atoms with Gasteiger partial charge < -0.3 is 15.5 Å². The molecular formula is C24H28N4O2S2. The van der Waals surface area contributed by atoms with E-state index in [1.54, 1.807) is 29.3 Å². The van der Waals surface area contributed by atoms with Gasteiger partial charge in [0.1, 0.15) is 0 Å². The van der Waals surface area contributed by atoms with E-state index in [9.17, 15) is 9.59 Å². The first-order valence-electron chi connectivity index (χ1n) is 11.3. The molecule has 168 valence electrons. The predicted octanol–water partition coefficient (Wildman–Crippen LogP) is 3.67. The van der Waals surface area contributed by atoms with E-state index in [-0.39, 0.29) is 29.9 Å². The van der Waals surface area contributed by atoms with Crippen LogP contribution in [0.25, 0.3) is 0 Å². The zero-order valence-electron chi connectivity index (χ0n) is 18.2. The summed E-state index contributed by atoms with van der Waals surface area (Å²) in [6.07, 6.45) is 9.10. The molecule has 3 heterocycles. The highest BCUT2D eigenvalue weighted by atomic mass is 32.2. The summed E-state index contributed by atoms with van der Waals surface area (Å²) < 4.78 is 0. The number of benzene rings is 1. The third kappa shape index (κ3) is 3.94. The van der Waals surface area contributed by atoms with Crippen LogP contribution in [0.3, 0.4) is 0 Å². The zero-order chi connectivity index (χ0) is 22.1. The summed E-state index contributed by atoms with van der Waals surface area (Å²) in [4.78, 5) is 34.5. The SMILES string of the molecule is CSc1ccccc1C1C2=C(CNC2=O)NC2CCCCC2N1C(=O)CCc1nccs1. The molecule has 1 aliphatic carbocycles. The molecule has 2 amide bonds. The molecule has 2 aliphatic heterocycles. The minimum atomic E-state index is -0.374. The molecule has 6 nitrogen and oxygen atoms in total. The Bertz CT molecular complexity index is 1040. The fourth-order valence-electron chi connectivity index (χ4n) is 5.33. The molecule has 3 aliphatic rings. The van der Waals surface area contributed by atoms with Crippen LogP contribution >= 0.6 is 23.1 Å². The van der Waals surface area contributed by atoms with E-state index < -0.39 is 0 Å². The van der Waals surface area contributed by atoms with Crippen LogP contribution < -0.4 is 10.6 Å². The Labute approximate surface area is 196 Å². The number of rotatable bonds is 5. The molecule has 2 aromatic rings. The van der Waals surface area contributed by atoms with Gasteiger partial charge in [0.05, 0.1) is 29.2 Å². The molecule has 1 fully saturated rings. The maximum absolute atomic E-state index is 13.9. The van der Waals surface area contributed by atoms with E-state index in [4.69, 9.17) is 0 Å². The highest BCUT2D eigenvalue weighted by molar-refractivity contribution is 7.98. The summed E-state index contributed by atoms with van der Waals surface area (Å²) in [5.74, 6) is 0.0398. The van der Waals surface area contributed by atoms with Crippen molar-refractivity contribution in [3.05, 3.63) is 57.7 Å². The number of fused-ring (bicyclic) bond motifs is 1. The van der Waals surface area contributed by atoms with Crippen LogP contribution in [0.5, 0.6) is 0 Å². The van der Waals surface area contributed by atoms with Gasteiger partial charge >= 0.3 is 0 Å². The van der Waals surface area contributed by atoms with Crippen LogP contribution in [-0.2, 0) is 16.0 Å². The highest BCUT2D eigenvalue weighted by Crippen LogP contribution is 2.43. The maximum atomic E-state index is 13.9. The molecule has 0 spiro atoms. The lowest BCUT2D eigenvalue weighted by molar-refractivity contribution is -0.137. The number of nitrogens with one attached hydrogen (secondary N) is 2. The van der Waals surface area contributed by atoms with E-state index in [1.807, 2.05) is 17.5 Å². The Morgan fingerprint density at radius 1 is 1.28 bits per heavy atom. The zero-order valence-corrected chi connectivity index (χ0v) is 19.8. The minimum Gasteiger partial charge on any atom is -0.382 e. The average molecular weight is 469 g/mol. The van der Waals surface area contributed by atoms with E-state index in [1.165, 1.54) is 0 Å². The summed E-state index contributed by atoms with van der Waals surface area (Å²) in [6, 6.07) is 8.07. The first-order chi connectivity index (χ1) is 15.7. The van der Waals surface area contributed by atoms with E-state index in [2.05, 4.69) is 38.9 Å². The molecule has 32 heavy (non-hydrogen) atoms. The Hall–Kier alpha value is -2.32. The smallest absolute Gasteiger partial charge is 0.251 e. The first-order valence-corrected chi connectivity index (χ1v) is 13.4. The molecule has 5 rings (SSSR count). The number of carbonyl (C=O) groups excluding carboxylic acids is 2. The molecule has 0 radical (unpaired) electrons. The van der Waals surface area contributed by atoms with Gasteiger partial charge in [-0.25, -0.2) is 4.98 Å². The van der Waals surface area contributed by atoms with E-state index in [0.29, 0.717) is 25.0 Å². The summed E-state index contributed by atoms with van der Waals surface area (Å²) in [6.45, 7) is 0.510. The summed E-state index contributed by atoms with van der Waals surface area (Å²) >= 11 is 3.25. The van der Waals surface area contributed by atoms with Crippen LogP contribution in [0.2, 0.25) is 0 Å². The lowest BCUT2D eigenvalue weighted by atomic mass is 9.87. The van der Waals surface area contributed by atoms with Crippen molar-refractivity contribution in [2.75, 3.05) is 12.8 Å². The van der Waals surface area contributed by atoms with Crippen molar-refractivity contribution < 1.29 is 9.59 Å². The number of aromatic nitrogens is 1. The molecule has 0 saturated heterocycles. The van der Waals surface area contributed by atoms with Crippen molar-refractivity contribution in [2.45, 2.75) is 61.5 Å². The number of thioether (sulfide) groups is 1. The van der Waals surface area contributed by atoms with Crippen molar-refractivity contribution >= 4 is 34.9 Å². The summed E-state index contributed by atoms with van der Waals surface area (Å²) in [7, 11) is 0. The molecule has 3 unspecified atom stereocenters. The summed E-state index contributed by atoms with van der Waals surface area (Å²) in [5.41, 5.74) is 2.71. The van der Waals surface area contributed by atoms with Crippen LogP contribution in [-0.4, -0.2) is 46.6 Å². The number of carbonyl (C=O) groups is 2. The quantitative estimate of drug-likeness (QED) is 0.655. The van der Waals surface area contributed by atoms with Gasteiger partial charge in [0.25, 0.3) is 5.91 Å². The molecule has 2 N–H and O–H groups in total. The van der Waals surface area contributed by atoms with Gasteiger partial charge in [-0.2, -0.15) is 0 Å². The highest BCUT2D eigenvalue weighted by Gasteiger charge is 2.46. The topological polar surface area (TPSA) is 74.3 Å². The molecule has 0 bridgehead atoms. The molecule has 1 aromatic heterocycles. The number of hydrogen-bond donors (Lipinski definition) is 2. The van der Waals surface area contributed by atoms with Crippen LogP contribution in [0.4, 0.5) is 0 Å². The van der Waals surface area contributed by atoms with Crippen molar-refractivity contribution in [3.63, 3.8) is 0 Å². The van der Waals surface area contributed by atoms with Crippen LogP contribution in [0.15, 0.2) is 52.0 Å². The second kappa shape index (κ2) is 9.27. The van der Waals surface area contributed by atoms with Crippen molar-refractivity contribution in [3.8, 4) is 0 Å². The van der Waals surface area contributed by atoms with Gasteiger partial charge in [0.15, 0.2) is 0 Å². The Kier molecular flexibility index (Phi) is 6.24. The maximum Gasteiger partial charge on any atom is 0.251 e. The fraction of sp³-hybridized carbons (Fsp3) is 0.458. The monoisotopic (exact) mass is 468 g/mol. The molecule has 1 aromatic carbocycles.